The molecule has 0 unspecified atom stereocenters. The summed E-state index contributed by atoms with van der Waals surface area (Å²) in [6, 6.07) is 9.44. The molecule has 0 aliphatic carbocycles. The van der Waals surface area contributed by atoms with Crippen LogP contribution in [-0.4, -0.2) is 11.7 Å². The van der Waals surface area contributed by atoms with Crippen LogP contribution in [-0.2, 0) is 5.41 Å². The fourth-order valence-corrected chi connectivity index (χ4v) is 1.39. The minimum absolute atomic E-state index is 0.0106. The van der Waals surface area contributed by atoms with Crippen molar-refractivity contribution >= 4 is 0 Å². The Morgan fingerprint density at radius 2 is 1.71 bits per heavy atom. The van der Waals surface area contributed by atoms with Crippen LogP contribution in [0.25, 0.3) is 0 Å². The Hall–Kier alpha value is -1.70. The van der Waals surface area contributed by atoms with E-state index in [9.17, 15) is 0 Å². The molecule has 0 aliphatic heterocycles. The zero-order chi connectivity index (χ0) is 10.4. The minimum Gasteiger partial charge on any atom is -0.396 e. The van der Waals surface area contributed by atoms with Crippen molar-refractivity contribution < 1.29 is 5.11 Å². The van der Waals surface area contributed by atoms with Crippen molar-refractivity contribution in [1.82, 2.24) is 0 Å². The molecule has 0 aliphatic rings. The Bertz CT molecular complexity index is 350. The third kappa shape index (κ3) is 1.79. The number of terminal acetylenes is 2. The lowest BCUT2D eigenvalue weighted by Crippen LogP contribution is -2.23. The van der Waals surface area contributed by atoms with E-state index in [0.29, 0.717) is 6.42 Å². The SMILES string of the molecule is C#CC(C#C)(CCO)c1ccccc1. The maximum absolute atomic E-state index is 8.93. The van der Waals surface area contributed by atoms with Gasteiger partial charge in [0.1, 0.15) is 5.41 Å². The lowest BCUT2D eigenvalue weighted by Gasteiger charge is -2.21. The molecular formula is C13H12O. The zero-order valence-corrected chi connectivity index (χ0v) is 7.90. The summed E-state index contributed by atoms with van der Waals surface area (Å²) in [4.78, 5) is 0. The van der Waals surface area contributed by atoms with Crippen LogP contribution in [0.15, 0.2) is 30.3 Å². The summed E-state index contributed by atoms with van der Waals surface area (Å²) in [5, 5.41) is 8.93. The third-order valence-corrected chi connectivity index (χ3v) is 2.25. The lowest BCUT2D eigenvalue weighted by molar-refractivity contribution is 0.273. The van der Waals surface area contributed by atoms with Gasteiger partial charge in [-0.25, -0.2) is 0 Å². The molecule has 14 heavy (non-hydrogen) atoms. The van der Waals surface area contributed by atoms with Gasteiger partial charge in [-0.05, 0) is 5.56 Å². The molecule has 0 bridgehead atoms. The largest absolute Gasteiger partial charge is 0.396 e. The monoisotopic (exact) mass is 184 g/mol. The first-order chi connectivity index (χ1) is 6.79. The van der Waals surface area contributed by atoms with Crippen molar-refractivity contribution in [2.45, 2.75) is 11.8 Å². The summed E-state index contributed by atoms with van der Waals surface area (Å²) >= 11 is 0. The highest BCUT2D eigenvalue weighted by Gasteiger charge is 2.26. The quantitative estimate of drug-likeness (QED) is 0.707. The number of aliphatic hydroxyl groups excluding tert-OH is 1. The Morgan fingerprint density at radius 3 is 2.14 bits per heavy atom. The molecule has 1 N–H and O–H groups in total. The van der Waals surface area contributed by atoms with Crippen molar-refractivity contribution in [2.75, 3.05) is 6.61 Å². The highest BCUT2D eigenvalue weighted by Crippen LogP contribution is 2.25. The Kier molecular flexibility index (Phi) is 3.35. The minimum atomic E-state index is -0.768. The van der Waals surface area contributed by atoms with Gasteiger partial charge in [-0.2, -0.15) is 0 Å². The lowest BCUT2D eigenvalue weighted by atomic mass is 9.79. The topological polar surface area (TPSA) is 20.2 Å². The van der Waals surface area contributed by atoms with Gasteiger partial charge in [0.15, 0.2) is 0 Å². The smallest absolute Gasteiger partial charge is 0.118 e. The molecule has 0 aromatic heterocycles. The number of hydrogen-bond acceptors (Lipinski definition) is 1. The van der Waals surface area contributed by atoms with Gasteiger partial charge >= 0.3 is 0 Å². The summed E-state index contributed by atoms with van der Waals surface area (Å²) < 4.78 is 0. The van der Waals surface area contributed by atoms with Crippen molar-refractivity contribution in [3.63, 3.8) is 0 Å². The molecule has 0 heterocycles. The van der Waals surface area contributed by atoms with Crippen LogP contribution in [0.1, 0.15) is 12.0 Å². The van der Waals surface area contributed by atoms with Crippen LogP contribution in [0.3, 0.4) is 0 Å². The molecule has 1 nitrogen and oxygen atoms in total. The second-order valence-electron chi connectivity index (χ2n) is 3.03. The second kappa shape index (κ2) is 4.51. The standard InChI is InChI=1S/C13H12O/c1-3-13(4-2,10-11-14)12-8-6-5-7-9-12/h1-2,5-9,14H,10-11H2. The molecule has 0 atom stereocenters. The summed E-state index contributed by atoms with van der Waals surface area (Å²) in [5.74, 6) is 5.17. The fraction of sp³-hybridized carbons (Fsp3) is 0.231. The number of aliphatic hydroxyl groups is 1. The van der Waals surface area contributed by atoms with E-state index in [1.165, 1.54) is 0 Å². The van der Waals surface area contributed by atoms with E-state index >= 15 is 0 Å². The molecular weight excluding hydrogens is 172 g/mol. The summed E-state index contributed by atoms with van der Waals surface area (Å²) in [7, 11) is 0. The van der Waals surface area contributed by atoms with E-state index in [0.717, 1.165) is 5.56 Å². The molecule has 0 fully saturated rings. The van der Waals surface area contributed by atoms with Crippen LogP contribution in [0, 0.1) is 24.7 Å². The maximum Gasteiger partial charge on any atom is 0.118 e. The van der Waals surface area contributed by atoms with Crippen LogP contribution < -0.4 is 0 Å². The van der Waals surface area contributed by atoms with Crippen molar-refractivity contribution in [3.05, 3.63) is 35.9 Å². The molecule has 0 radical (unpaired) electrons. The summed E-state index contributed by atoms with van der Waals surface area (Å²) in [6.07, 6.45) is 11.3. The maximum atomic E-state index is 8.93. The van der Waals surface area contributed by atoms with Crippen molar-refractivity contribution in [1.29, 1.82) is 0 Å². The van der Waals surface area contributed by atoms with E-state index in [-0.39, 0.29) is 6.61 Å². The normalized spacial score (nSPS) is 10.2. The Morgan fingerprint density at radius 1 is 1.14 bits per heavy atom. The third-order valence-electron chi connectivity index (χ3n) is 2.25. The zero-order valence-electron chi connectivity index (χ0n) is 7.90. The first-order valence-electron chi connectivity index (χ1n) is 4.41. The first-order valence-corrected chi connectivity index (χ1v) is 4.41. The van der Waals surface area contributed by atoms with E-state index in [1.807, 2.05) is 30.3 Å². The molecule has 1 aromatic carbocycles. The van der Waals surface area contributed by atoms with Gasteiger partial charge < -0.3 is 5.11 Å². The van der Waals surface area contributed by atoms with Gasteiger partial charge in [0.05, 0.1) is 0 Å². The van der Waals surface area contributed by atoms with Crippen LogP contribution in [0.5, 0.6) is 0 Å². The molecule has 0 saturated carbocycles. The molecule has 0 spiro atoms. The van der Waals surface area contributed by atoms with E-state index in [1.54, 1.807) is 0 Å². The Balaban J connectivity index is 3.14. The van der Waals surface area contributed by atoms with Gasteiger partial charge in [0, 0.05) is 13.0 Å². The Labute approximate surface area is 84.8 Å². The van der Waals surface area contributed by atoms with Gasteiger partial charge in [-0.1, -0.05) is 42.2 Å². The van der Waals surface area contributed by atoms with Crippen molar-refractivity contribution in [3.8, 4) is 24.7 Å². The van der Waals surface area contributed by atoms with Crippen LogP contribution in [0.4, 0.5) is 0 Å². The summed E-state index contributed by atoms with van der Waals surface area (Å²) in [5.41, 5.74) is 0.120. The van der Waals surface area contributed by atoms with Gasteiger partial charge in [-0.15, -0.1) is 12.8 Å². The van der Waals surface area contributed by atoms with Gasteiger partial charge in [0.25, 0.3) is 0 Å². The van der Waals surface area contributed by atoms with E-state index < -0.39 is 5.41 Å². The predicted molar refractivity (Wildman–Crippen MR) is 57.5 cm³/mol. The highest BCUT2D eigenvalue weighted by atomic mass is 16.3. The number of hydrogen-bond donors (Lipinski definition) is 1. The van der Waals surface area contributed by atoms with E-state index in [4.69, 9.17) is 18.0 Å². The van der Waals surface area contributed by atoms with Crippen molar-refractivity contribution in [2.24, 2.45) is 0 Å². The fourth-order valence-electron chi connectivity index (χ4n) is 1.39. The van der Waals surface area contributed by atoms with Crippen LogP contribution in [0.2, 0.25) is 0 Å². The molecule has 1 rings (SSSR count). The first kappa shape index (κ1) is 10.4. The van der Waals surface area contributed by atoms with Gasteiger partial charge in [0.2, 0.25) is 0 Å². The molecule has 1 heteroatoms. The molecule has 1 aromatic rings. The number of rotatable bonds is 3. The molecule has 0 amide bonds. The van der Waals surface area contributed by atoms with Gasteiger partial charge in [-0.3, -0.25) is 0 Å². The molecule has 70 valence electrons. The highest BCUT2D eigenvalue weighted by molar-refractivity contribution is 5.43. The summed E-state index contributed by atoms with van der Waals surface area (Å²) in [6.45, 7) is -0.0106. The van der Waals surface area contributed by atoms with E-state index in [2.05, 4.69) is 11.8 Å². The van der Waals surface area contributed by atoms with Crippen LogP contribution >= 0.6 is 0 Å². The predicted octanol–water partition coefficient (Wildman–Crippen LogP) is 1.57. The average molecular weight is 184 g/mol. The second-order valence-corrected chi connectivity index (χ2v) is 3.03. The number of benzene rings is 1. The molecule has 0 saturated heterocycles. The average Bonchev–Trinajstić information content (AvgIpc) is 2.27.